The van der Waals surface area contributed by atoms with Crippen LogP contribution < -0.4 is 10.6 Å². The molecule has 8 heteroatoms. The van der Waals surface area contributed by atoms with Gasteiger partial charge in [-0.1, -0.05) is 0 Å². The third-order valence-corrected chi connectivity index (χ3v) is 3.66. The molecule has 4 saturated heterocycles. The Labute approximate surface area is 91.7 Å². The van der Waals surface area contributed by atoms with Crippen LogP contribution >= 0.6 is 0 Å². The van der Waals surface area contributed by atoms with E-state index in [9.17, 15) is 9.59 Å². The average molecular weight is 224 g/mol. The number of nitrogens with zero attached hydrogens (tertiary/aromatic N) is 4. The fourth-order valence-electron chi connectivity index (χ4n) is 2.99. The Bertz CT molecular complexity index is 323. The van der Waals surface area contributed by atoms with E-state index in [1.807, 2.05) is 0 Å². The normalized spacial score (nSPS) is 36.2. The number of carbonyl (C=O) groups excluding carboxylic acids is 2. The van der Waals surface area contributed by atoms with Gasteiger partial charge in [-0.15, -0.1) is 0 Å². The summed E-state index contributed by atoms with van der Waals surface area (Å²) in [6, 6.07) is -0.00574. The highest BCUT2D eigenvalue weighted by atomic mass is 16.2. The Morgan fingerprint density at radius 1 is 0.750 bits per heavy atom. The molecule has 4 fully saturated rings. The van der Waals surface area contributed by atoms with Crippen LogP contribution in [-0.2, 0) is 0 Å². The molecule has 0 aliphatic carbocycles. The Hall–Kier alpha value is -1.54. The summed E-state index contributed by atoms with van der Waals surface area (Å²) in [5.74, 6) is 0. The van der Waals surface area contributed by atoms with Gasteiger partial charge < -0.3 is 0 Å². The minimum Gasteiger partial charge on any atom is -0.287 e. The number of hydrogen-bond donors (Lipinski definition) is 2. The Morgan fingerprint density at radius 2 is 1.06 bits per heavy atom. The van der Waals surface area contributed by atoms with Gasteiger partial charge in [0.25, 0.3) is 0 Å². The zero-order valence-electron chi connectivity index (χ0n) is 8.59. The van der Waals surface area contributed by atoms with Crippen molar-refractivity contribution < 1.29 is 9.59 Å². The van der Waals surface area contributed by atoms with E-state index in [-0.39, 0.29) is 24.4 Å². The molecular formula is C8H12N6O2. The molecule has 0 radical (unpaired) electrons. The van der Waals surface area contributed by atoms with Crippen molar-refractivity contribution in [1.82, 2.24) is 30.2 Å². The first-order chi connectivity index (χ1) is 7.79. The molecule has 0 spiro atoms. The van der Waals surface area contributed by atoms with E-state index in [0.29, 0.717) is 26.7 Å². The van der Waals surface area contributed by atoms with Gasteiger partial charge in [0.1, 0.15) is 0 Å². The maximum Gasteiger partial charge on any atom is 0.325 e. The highest BCUT2D eigenvalue weighted by Gasteiger charge is 2.61. The molecule has 16 heavy (non-hydrogen) atoms. The fourth-order valence-corrected chi connectivity index (χ4v) is 2.99. The third-order valence-electron chi connectivity index (χ3n) is 3.66. The molecule has 4 amide bonds. The van der Waals surface area contributed by atoms with Crippen molar-refractivity contribution in [3.8, 4) is 0 Å². The molecule has 4 rings (SSSR count). The highest BCUT2D eigenvalue weighted by Crippen LogP contribution is 2.36. The van der Waals surface area contributed by atoms with Gasteiger partial charge in [0, 0.05) is 0 Å². The number of carbonyl (C=O) groups is 2. The van der Waals surface area contributed by atoms with Gasteiger partial charge in [-0.25, -0.2) is 9.59 Å². The summed E-state index contributed by atoms with van der Waals surface area (Å²) in [6.45, 7) is 2.09. The molecule has 0 atom stereocenters. The average Bonchev–Trinajstić information content (AvgIpc) is 2.78. The number of hydrogen-bond acceptors (Lipinski definition) is 4. The monoisotopic (exact) mass is 224 g/mol. The maximum absolute atomic E-state index is 12.1. The Morgan fingerprint density at radius 3 is 1.38 bits per heavy atom. The van der Waals surface area contributed by atoms with Crippen molar-refractivity contribution in [2.45, 2.75) is 12.3 Å². The van der Waals surface area contributed by atoms with Gasteiger partial charge in [-0.2, -0.15) is 0 Å². The van der Waals surface area contributed by atoms with Crippen molar-refractivity contribution in [2.24, 2.45) is 0 Å². The van der Waals surface area contributed by atoms with E-state index in [1.54, 1.807) is 19.6 Å². The van der Waals surface area contributed by atoms with Crippen LogP contribution in [0.3, 0.4) is 0 Å². The second kappa shape index (κ2) is 2.58. The van der Waals surface area contributed by atoms with Gasteiger partial charge in [0.05, 0.1) is 26.7 Å². The van der Waals surface area contributed by atoms with Crippen LogP contribution in [0.4, 0.5) is 9.59 Å². The number of rotatable bonds is 0. The molecule has 0 aromatic heterocycles. The van der Waals surface area contributed by atoms with E-state index in [1.165, 1.54) is 0 Å². The lowest BCUT2D eigenvalue weighted by Gasteiger charge is -2.36. The highest BCUT2D eigenvalue weighted by molar-refractivity contribution is 5.85. The van der Waals surface area contributed by atoms with Crippen molar-refractivity contribution in [2.75, 3.05) is 26.7 Å². The van der Waals surface area contributed by atoms with Crippen molar-refractivity contribution in [3.05, 3.63) is 0 Å². The molecule has 0 aromatic rings. The summed E-state index contributed by atoms with van der Waals surface area (Å²) >= 11 is 0. The standard InChI is InChI=1S/C8H12N6O2/c15-7-11-1-9-2-12-5(11)6-13(7)3-10-4-14(6)8(12)16/h5-6,9-10H,1-4H2. The van der Waals surface area contributed by atoms with Crippen LogP contribution in [0.25, 0.3) is 0 Å². The molecule has 4 aliphatic rings. The lowest BCUT2D eigenvalue weighted by atomic mass is 10.3. The molecule has 4 aliphatic heterocycles. The van der Waals surface area contributed by atoms with Crippen LogP contribution in [0.2, 0.25) is 0 Å². The fraction of sp³-hybridized carbons (Fsp3) is 0.750. The number of nitrogens with one attached hydrogen (secondary N) is 2. The minimum absolute atomic E-state index is 0.00287. The maximum atomic E-state index is 12.1. The first-order valence-corrected chi connectivity index (χ1v) is 5.35. The summed E-state index contributed by atoms with van der Waals surface area (Å²) in [5, 5.41) is 6.14. The van der Waals surface area contributed by atoms with Crippen LogP contribution in [0.1, 0.15) is 0 Å². The largest absolute Gasteiger partial charge is 0.325 e. The van der Waals surface area contributed by atoms with Crippen molar-refractivity contribution in [3.63, 3.8) is 0 Å². The summed E-state index contributed by atoms with van der Waals surface area (Å²) in [6.07, 6.45) is -0.216. The van der Waals surface area contributed by atoms with E-state index in [0.717, 1.165) is 0 Å². The van der Waals surface area contributed by atoms with Gasteiger partial charge >= 0.3 is 12.1 Å². The lowest BCUT2D eigenvalue weighted by molar-refractivity contribution is 0.0656. The van der Waals surface area contributed by atoms with Crippen LogP contribution in [0, 0.1) is 0 Å². The second-order valence-corrected chi connectivity index (χ2v) is 4.40. The van der Waals surface area contributed by atoms with E-state index >= 15 is 0 Å². The predicted molar refractivity (Wildman–Crippen MR) is 51.5 cm³/mol. The van der Waals surface area contributed by atoms with Gasteiger partial charge in [0.15, 0.2) is 12.3 Å². The molecule has 0 aromatic carbocycles. The third kappa shape index (κ3) is 0.758. The Balaban J connectivity index is 1.83. The van der Waals surface area contributed by atoms with Gasteiger partial charge in [0.2, 0.25) is 0 Å². The summed E-state index contributed by atoms with van der Waals surface area (Å²) < 4.78 is 0. The molecule has 8 nitrogen and oxygen atoms in total. The summed E-state index contributed by atoms with van der Waals surface area (Å²) in [7, 11) is 0. The lowest BCUT2D eigenvalue weighted by Crippen LogP contribution is -2.59. The summed E-state index contributed by atoms with van der Waals surface area (Å²) in [5.41, 5.74) is 0. The molecular weight excluding hydrogens is 212 g/mol. The SMILES string of the molecule is O=C1N2CNCN3C(=O)N4CNCN1C4C23. The summed E-state index contributed by atoms with van der Waals surface area (Å²) in [4.78, 5) is 31.0. The van der Waals surface area contributed by atoms with E-state index in [4.69, 9.17) is 0 Å². The second-order valence-electron chi connectivity index (χ2n) is 4.40. The van der Waals surface area contributed by atoms with Crippen molar-refractivity contribution in [1.29, 1.82) is 0 Å². The number of urea groups is 2. The van der Waals surface area contributed by atoms with E-state index < -0.39 is 0 Å². The smallest absolute Gasteiger partial charge is 0.287 e. The van der Waals surface area contributed by atoms with Crippen LogP contribution in [-0.4, -0.2) is 70.7 Å². The minimum atomic E-state index is -0.108. The first kappa shape index (κ1) is 8.59. The topological polar surface area (TPSA) is 71.2 Å². The molecule has 0 bridgehead atoms. The quantitative estimate of drug-likeness (QED) is 0.507. The van der Waals surface area contributed by atoms with E-state index in [2.05, 4.69) is 10.6 Å². The molecule has 86 valence electrons. The van der Waals surface area contributed by atoms with Gasteiger partial charge in [-0.3, -0.25) is 30.2 Å². The van der Waals surface area contributed by atoms with Crippen LogP contribution in [0.5, 0.6) is 0 Å². The first-order valence-electron chi connectivity index (χ1n) is 5.35. The van der Waals surface area contributed by atoms with Crippen molar-refractivity contribution >= 4 is 12.1 Å². The molecule has 0 unspecified atom stereocenters. The molecule has 2 N–H and O–H groups in total. The molecule has 0 saturated carbocycles. The zero-order valence-corrected chi connectivity index (χ0v) is 8.59. The predicted octanol–water partition coefficient (Wildman–Crippen LogP) is -1.85. The number of amides is 4. The van der Waals surface area contributed by atoms with Crippen LogP contribution in [0.15, 0.2) is 0 Å². The zero-order chi connectivity index (χ0) is 10.9. The molecule has 4 heterocycles. The Kier molecular flexibility index (Phi) is 1.39. The van der Waals surface area contributed by atoms with Gasteiger partial charge in [-0.05, 0) is 0 Å².